The number of rotatable bonds is 8. The van der Waals surface area contributed by atoms with Gasteiger partial charge in [0.15, 0.2) is 16.4 Å². The number of aromatic nitrogens is 2. The van der Waals surface area contributed by atoms with Gasteiger partial charge < -0.3 is 14.2 Å². The highest BCUT2D eigenvalue weighted by Gasteiger charge is 2.37. The second kappa shape index (κ2) is 9.33. The quantitative estimate of drug-likeness (QED) is 0.486. The van der Waals surface area contributed by atoms with Gasteiger partial charge in [0.05, 0.1) is 12.0 Å². The number of hydrogen-bond acceptors (Lipinski definition) is 6. The van der Waals surface area contributed by atoms with Crippen molar-refractivity contribution >= 4 is 33.5 Å². The van der Waals surface area contributed by atoms with E-state index in [2.05, 4.69) is 15.5 Å². The van der Waals surface area contributed by atoms with Crippen LogP contribution in [-0.4, -0.2) is 41.3 Å². The molecule has 0 aliphatic carbocycles. The highest BCUT2D eigenvalue weighted by molar-refractivity contribution is 7.13. The summed E-state index contributed by atoms with van der Waals surface area (Å²) >= 11 is 1.33. The smallest absolute Gasteiger partial charge is 0.437 e. The van der Waals surface area contributed by atoms with Crippen LogP contribution in [0.1, 0.15) is 31.0 Å². The summed E-state index contributed by atoms with van der Waals surface area (Å²) in [6, 6.07) is 2.55. The molecular formula is C19H21F3N4O3S. The van der Waals surface area contributed by atoms with Crippen LogP contribution in [0.15, 0.2) is 28.2 Å². The van der Waals surface area contributed by atoms with Gasteiger partial charge in [-0.1, -0.05) is 18.5 Å². The summed E-state index contributed by atoms with van der Waals surface area (Å²) in [6.07, 6.45) is -1.24. The van der Waals surface area contributed by atoms with E-state index in [1.165, 1.54) is 28.4 Å². The maximum Gasteiger partial charge on any atom is 0.437 e. The van der Waals surface area contributed by atoms with Gasteiger partial charge in [-0.15, -0.1) is 11.3 Å². The predicted octanol–water partition coefficient (Wildman–Crippen LogP) is 5.19. The van der Waals surface area contributed by atoms with Gasteiger partial charge in [-0.2, -0.15) is 13.2 Å². The summed E-state index contributed by atoms with van der Waals surface area (Å²) in [5, 5.41) is 8.10. The number of anilines is 1. The van der Waals surface area contributed by atoms with Crippen LogP contribution in [0.3, 0.4) is 0 Å². The number of ether oxygens (including phenoxy) is 1. The van der Waals surface area contributed by atoms with E-state index in [4.69, 9.17) is 9.26 Å². The minimum atomic E-state index is -4.58. The molecule has 162 valence electrons. The molecule has 0 unspecified atom stereocenters. The van der Waals surface area contributed by atoms with Gasteiger partial charge in [0, 0.05) is 30.7 Å². The van der Waals surface area contributed by atoms with Gasteiger partial charge in [0.25, 0.3) is 0 Å². The lowest BCUT2D eigenvalue weighted by Crippen LogP contribution is -2.32. The topological polar surface area (TPSA) is 80.5 Å². The van der Waals surface area contributed by atoms with Gasteiger partial charge in [-0.3, -0.25) is 5.32 Å². The Labute approximate surface area is 174 Å². The minimum Gasteiger partial charge on any atom is -0.493 e. The number of nitrogens with one attached hydrogen (secondary N) is 1. The van der Waals surface area contributed by atoms with Crippen molar-refractivity contribution in [3.05, 3.63) is 35.0 Å². The Kier molecular flexibility index (Phi) is 6.80. The largest absolute Gasteiger partial charge is 0.493 e. The Bertz CT molecular complexity index is 989. The van der Waals surface area contributed by atoms with Crippen molar-refractivity contribution in [2.45, 2.75) is 32.4 Å². The lowest BCUT2D eigenvalue weighted by Gasteiger charge is -2.17. The summed E-state index contributed by atoms with van der Waals surface area (Å²) in [7, 11) is 1.66. The lowest BCUT2D eigenvalue weighted by molar-refractivity contribution is -0.141. The second-order valence-corrected chi connectivity index (χ2v) is 7.48. The van der Waals surface area contributed by atoms with Crippen molar-refractivity contribution in [3.8, 4) is 5.75 Å². The van der Waals surface area contributed by atoms with Crippen LogP contribution in [0.2, 0.25) is 0 Å². The van der Waals surface area contributed by atoms with Crippen molar-refractivity contribution in [3.63, 3.8) is 0 Å². The van der Waals surface area contributed by atoms with Gasteiger partial charge in [-0.25, -0.2) is 9.78 Å². The number of aryl methyl sites for hydroxylation is 1. The van der Waals surface area contributed by atoms with E-state index in [1.807, 2.05) is 6.92 Å². The van der Waals surface area contributed by atoms with Crippen LogP contribution >= 0.6 is 11.3 Å². The molecule has 11 heteroatoms. The minimum absolute atomic E-state index is 0.0723. The van der Waals surface area contributed by atoms with Crippen LogP contribution in [0.4, 0.5) is 23.1 Å². The Balaban J connectivity index is 1.61. The molecule has 3 rings (SSSR count). The van der Waals surface area contributed by atoms with E-state index >= 15 is 0 Å². The Morgan fingerprint density at radius 3 is 2.83 bits per heavy atom. The fourth-order valence-corrected chi connectivity index (χ4v) is 3.44. The normalized spacial score (nSPS) is 11.6. The Hall–Kier alpha value is -2.82. The molecule has 1 N–H and O–H groups in total. The van der Waals surface area contributed by atoms with Crippen molar-refractivity contribution in [1.29, 1.82) is 0 Å². The molecule has 0 aliphatic heterocycles. The highest BCUT2D eigenvalue weighted by atomic mass is 32.1. The fraction of sp³-hybridized carbons (Fsp3) is 0.421. The van der Waals surface area contributed by atoms with Crippen LogP contribution in [0, 0.1) is 0 Å². The summed E-state index contributed by atoms with van der Waals surface area (Å²) in [5.74, 6) is 0.462. The summed E-state index contributed by atoms with van der Waals surface area (Å²) < 4.78 is 50.1. The van der Waals surface area contributed by atoms with E-state index < -0.39 is 11.9 Å². The van der Waals surface area contributed by atoms with Crippen molar-refractivity contribution in [2.75, 3.05) is 25.5 Å². The summed E-state index contributed by atoms with van der Waals surface area (Å²) in [6.45, 7) is 2.64. The maximum absolute atomic E-state index is 13.1. The first-order valence-electron chi connectivity index (χ1n) is 9.34. The number of urea groups is 1. The van der Waals surface area contributed by atoms with E-state index in [-0.39, 0.29) is 23.6 Å². The third kappa shape index (κ3) is 5.02. The zero-order valence-corrected chi connectivity index (χ0v) is 17.3. The highest BCUT2D eigenvalue weighted by Crippen LogP contribution is 2.38. The van der Waals surface area contributed by atoms with Crippen LogP contribution in [0.25, 0.3) is 11.0 Å². The van der Waals surface area contributed by atoms with Gasteiger partial charge in [-0.05, 0) is 25.0 Å². The van der Waals surface area contributed by atoms with Gasteiger partial charge in [0.1, 0.15) is 5.75 Å². The number of amides is 2. The first-order valence-corrected chi connectivity index (χ1v) is 10.2. The number of nitrogens with zero attached hydrogens (tertiary/aromatic N) is 3. The van der Waals surface area contributed by atoms with Crippen LogP contribution in [0.5, 0.6) is 5.75 Å². The molecule has 0 atom stereocenters. The molecule has 0 saturated carbocycles. The summed E-state index contributed by atoms with van der Waals surface area (Å²) in [5.41, 5.74) is -0.372. The molecule has 0 aliphatic rings. The van der Waals surface area contributed by atoms with Crippen molar-refractivity contribution < 1.29 is 27.2 Å². The number of benzene rings is 1. The van der Waals surface area contributed by atoms with Gasteiger partial charge in [0.2, 0.25) is 0 Å². The van der Waals surface area contributed by atoms with Crippen molar-refractivity contribution in [2.24, 2.45) is 0 Å². The molecule has 0 radical (unpaired) electrons. The number of carbonyl (C=O) groups is 1. The zero-order valence-electron chi connectivity index (χ0n) is 16.5. The third-order valence-corrected chi connectivity index (χ3v) is 5.05. The molecule has 0 fully saturated rings. The summed E-state index contributed by atoms with van der Waals surface area (Å²) in [4.78, 5) is 17.6. The number of hydrogen-bond donors (Lipinski definition) is 1. The van der Waals surface area contributed by atoms with Crippen molar-refractivity contribution in [1.82, 2.24) is 15.0 Å². The van der Waals surface area contributed by atoms with Gasteiger partial charge >= 0.3 is 12.2 Å². The zero-order chi connectivity index (χ0) is 21.7. The average molecular weight is 442 g/mol. The van der Waals surface area contributed by atoms with E-state index in [1.54, 1.807) is 18.6 Å². The second-order valence-electron chi connectivity index (χ2n) is 6.59. The standard InChI is InChI=1S/C19H21F3N4O3S/c1-3-5-12-14(7-6-13-15(12)29-25-16(13)19(20,21)22)28-10-4-9-26(2)18(27)24-17-23-8-11-30-17/h6-8,11H,3-5,9-10H2,1-2H3,(H,23,24,27). The molecule has 3 aromatic rings. The molecule has 2 heterocycles. The predicted molar refractivity (Wildman–Crippen MR) is 107 cm³/mol. The molecule has 7 nitrogen and oxygen atoms in total. The molecule has 2 amide bonds. The molecule has 2 aromatic heterocycles. The molecule has 0 saturated heterocycles. The molecular weight excluding hydrogens is 421 g/mol. The van der Waals surface area contributed by atoms with E-state index in [9.17, 15) is 18.0 Å². The van der Waals surface area contributed by atoms with Crippen LogP contribution < -0.4 is 10.1 Å². The first-order chi connectivity index (χ1) is 14.3. The molecule has 1 aromatic carbocycles. The Morgan fingerprint density at radius 1 is 1.37 bits per heavy atom. The monoisotopic (exact) mass is 442 g/mol. The lowest BCUT2D eigenvalue weighted by atomic mass is 10.0. The molecule has 0 bridgehead atoms. The average Bonchev–Trinajstić information content (AvgIpc) is 3.35. The van der Waals surface area contributed by atoms with E-state index in [0.717, 1.165) is 0 Å². The fourth-order valence-electron chi connectivity index (χ4n) is 2.92. The van der Waals surface area contributed by atoms with Crippen LogP contribution in [-0.2, 0) is 12.6 Å². The SMILES string of the molecule is CCCc1c(OCCCN(C)C(=O)Nc2nccs2)ccc2c(C(F)(F)F)noc12. The number of alkyl halides is 3. The van der Waals surface area contributed by atoms with E-state index in [0.29, 0.717) is 42.3 Å². The molecule has 30 heavy (non-hydrogen) atoms. The third-order valence-electron chi connectivity index (χ3n) is 4.36. The number of fused-ring (bicyclic) bond motifs is 1. The number of carbonyl (C=O) groups excluding carboxylic acids is 1. The molecule has 0 spiro atoms. The first kappa shape index (κ1) is 21.9. The maximum atomic E-state index is 13.1. The number of halogens is 3. The number of thiazole rings is 1. The Morgan fingerprint density at radius 2 is 2.17 bits per heavy atom.